The maximum atomic E-state index is 8.64. The Bertz CT molecular complexity index is 319. The van der Waals surface area contributed by atoms with Crippen LogP contribution in [-0.2, 0) is 0 Å². The van der Waals surface area contributed by atoms with Crippen molar-refractivity contribution in [1.29, 1.82) is 5.26 Å². The standard InChI is InChI=1S/C9H11N3S/c1-7(5-10)13-9-4-8(6-11)2-3-12-9/h2-4,7H,5,10H2,1H3. The molecule has 13 heavy (non-hydrogen) atoms. The van der Waals surface area contributed by atoms with Crippen LogP contribution in [0.25, 0.3) is 0 Å². The van der Waals surface area contributed by atoms with E-state index >= 15 is 0 Å². The van der Waals surface area contributed by atoms with E-state index in [0.29, 0.717) is 17.4 Å². The molecule has 1 rings (SSSR count). The van der Waals surface area contributed by atoms with Gasteiger partial charge in [0.15, 0.2) is 0 Å². The highest BCUT2D eigenvalue weighted by atomic mass is 32.2. The fourth-order valence-corrected chi connectivity index (χ4v) is 1.62. The van der Waals surface area contributed by atoms with Crippen LogP contribution in [0.4, 0.5) is 0 Å². The van der Waals surface area contributed by atoms with Crippen LogP contribution in [-0.4, -0.2) is 16.8 Å². The van der Waals surface area contributed by atoms with Crippen molar-refractivity contribution in [3.05, 3.63) is 23.9 Å². The molecule has 0 radical (unpaired) electrons. The molecule has 0 bridgehead atoms. The van der Waals surface area contributed by atoms with Gasteiger partial charge in [-0.25, -0.2) is 4.98 Å². The Kier molecular flexibility index (Phi) is 3.74. The highest BCUT2D eigenvalue weighted by Crippen LogP contribution is 2.20. The van der Waals surface area contributed by atoms with Crippen LogP contribution >= 0.6 is 11.8 Å². The van der Waals surface area contributed by atoms with Gasteiger partial charge in [0.25, 0.3) is 0 Å². The first-order valence-corrected chi connectivity index (χ1v) is 4.87. The van der Waals surface area contributed by atoms with Crippen molar-refractivity contribution in [3.63, 3.8) is 0 Å². The molecule has 1 aromatic heterocycles. The molecule has 1 heterocycles. The first-order chi connectivity index (χ1) is 6.26. The normalized spacial score (nSPS) is 12.1. The van der Waals surface area contributed by atoms with E-state index in [1.54, 1.807) is 30.1 Å². The lowest BCUT2D eigenvalue weighted by atomic mass is 10.3. The van der Waals surface area contributed by atoms with Gasteiger partial charge >= 0.3 is 0 Å². The first kappa shape index (κ1) is 10.0. The fourth-order valence-electron chi connectivity index (χ4n) is 0.798. The summed E-state index contributed by atoms with van der Waals surface area (Å²) in [5.74, 6) is 0. The van der Waals surface area contributed by atoms with Gasteiger partial charge in [-0.3, -0.25) is 0 Å². The average molecular weight is 193 g/mol. The second-order valence-electron chi connectivity index (χ2n) is 2.66. The number of nitriles is 1. The summed E-state index contributed by atoms with van der Waals surface area (Å²) in [5, 5.41) is 9.83. The molecule has 0 aromatic carbocycles. The maximum absolute atomic E-state index is 8.64. The van der Waals surface area contributed by atoms with Crippen LogP contribution in [0.2, 0.25) is 0 Å². The van der Waals surface area contributed by atoms with E-state index in [0.717, 1.165) is 5.03 Å². The Labute approximate surface area is 82.0 Å². The van der Waals surface area contributed by atoms with Crippen LogP contribution in [0.15, 0.2) is 23.4 Å². The molecule has 2 N–H and O–H groups in total. The molecule has 0 aliphatic carbocycles. The number of thioether (sulfide) groups is 1. The van der Waals surface area contributed by atoms with Gasteiger partial charge < -0.3 is 5.73 Å². The number of rotatable bonds is 3. The average Bonchev–Trinajstić information content (AvgIpc) is 2.18. The molecule has 0 aliphatic heterocycles. The third-order valence-electron chi connectivity index (χ3n) is 1.52. The topological polar surface area (TPSA) is 62.7 Å². The maximum Gasteiger partial charge on any atom is 0.0993 e. The molecule has 4 heteroatoms. The molecule has 0 saturated heterocycles. The third kappa shape index (κ3) is 3.05. The number of nitrogens with two attached hydrogens (primary N) is 1. The summed E-state index contributed by atoms with van der Waals surface area (Å²) in [4.78, 5) is 4.13. The van der Waals surface area contributed by atoms with E-state index in [1.807, 2.05) is 6.92 Å². The van der Waals surface area contributed by atoms with Crippen molar-refractivity contribution in [3.8, 4) is 6.07 Å². The Morgan fingerprint density at radius 3 is 3.15 bits per heavy atom. The summed E-state index contributed by atoms with van der Waals surface area (Å²) in [6.45, 7) is 2.65. The Hall–Kier alpha value is -1.05. The lowest BCUT2D eigenvalue weighted by Crippen LogP contribution is -2.12. The molecule has 0 fully saturated rings. The van der Waals surface area contributed by atoms with Crippen LogP contribution in [0.1, 0.15) is 12.5 Å². The number of nitrogens with zero attached hydrogens (tertiary/aromatic N) is 2. The van der Waals surface area contributed by atoms with E-state index in [4.69, 9.17) is 11.0 Å². The second kappa shape index (κ2) is 4.85. The third-order valence-corrected chi connectivity index (χ3v) is 2.58. The Morgan fingerprint density at radius 1 is 1.77 bits per heavy atom. The minimum absolute atomic E-state index is 0.335. The van der Waals surface area contributed by atoms with Crippen LogP contribution in [0.5, 0.6) is 0 Å². The quantitative estimate of drug-likeness (QED) is 0.737. The zero-order valence-corrected chi connectivity index (χ0v) is 8.21. The largest absolute Gasteiger partial charge is 0.329 e. The van der Waals surface area contributed by atoms with Crippen LogP contribution in [0.3, 0.4) is 0 Å². The van der Waals surface area contributed by atoms with Crippen molar-refractivity contribution in [2.45, 2.75) is 17.2 Å². The number of hydrogen-bond donors (Lipinski definition) is 1. The molecule has 0 aliphatic rings. The van der Waals surface area contributed by atoms with E-state index < -0.39 is 0 Å². The molecule has 0 spiro atoms. The molecule has 1 aromatic rings. The predicted octanol–water partition coefficient (Wildman–Crippen LogP) is 1.39. The SMILES string of the molecule is CC(CN)Sc1cc(C#N)ccn1. The highest BCUT2D eigenvalue weighted by molar-refractivity contribution is 7.99. The summed E-state index contributed by atoms with van der Waals surface area (Å²) in [6.07, 6.45) is 1.64. The summed E-state index contributed by atoms with van der Waals surface area (Å²) >= 11 is 1.59. The minimum atomic E-state index is 0.335. The molecule has 68 valence electrons. The van der Waals surface area contributed by atoms with Crippen molar-refractivity contribution in [1.82, 2.24) is 4.98 Å². The molecule has 1 atom stereocenters. The molecule has 0 amide bonds. The van der Waals surface area contributed by atoms with Gasteiger partial charge in [0.1, 0.15) is 0 Å². The molecule has 1 unspecified atom stereocenters. The van der Waals surface area contributed by atoms with Gasteiger partial charge in [0.2, 0.25) is 0 Å². The summed E-state index contributed by atoms with van der Waals surface area (Å²) in [5.41, 5.74) is 6.12. The smallest absolute Gasteiger partial charge is 0.0993 e. The minimum Gasteiger partial charge on any atom is -0.329 e. The van der Waals surface area contributed by atoms with E-state index in [9.17, 15) is 0 Å². The number of aromatic nitrogens is 1. The van der Waals surface area contributed by atoms with Gasteiger partial charge in [0, 0.05) is 18.0 Å². The Balaban J connectivity index is 2.73. The zero-order valence-electron chi connectivity index (χ0n) is 7.40. The predicted molar refractivity (Wildman–Crippen MR) is 53.3 cm³/mol. The van der Waals surface area contributed by atoms with Crippen LogP contribution in [0, 0.1) is 11.3 Å². The monoisotopic (exact) mass is 193 g/mol. The molecule has 0 saturated carbocycles. The second-order valence-corrected chi connectivity index (χ2v) is 4.12. The molecule has 3 nitrogen and oxygen atoms in total. The lowest BCUT2D eigenvalue weighted by molar-refractivity contribution is 0.944. The Morgan fingerprint density at radius 2 is 2.54 bits per heavy atom. The molecular weight excluding hydrogens is 182 g/mol. The van der Waals surface area contributed by atoms with E-state index in [1.165, 1.54) is 0 Å². The van der Waals surface area contributed by atoms with Gasteiger partial charge in [-0.15, -0.1) is 11.8 Å². The van der Waals surface area contributed by atoms with Gasteiger partial charge in [-0.05, 0) is 12.1 Å². The lowest BCUT2D eigenvalue weighted by Gasteiger charge is -2.06. The van der Waals surface area contributed by atoms with Crippen molar-refractivity contribution in [2.24, 2.45) is 5.73 Å². The summed E-state index contributed by atoms with van der Waals surface area (Å²) in [6, 6.07) is 5.54. The van der Waals surface area contributed by atoms with Crippen molar-refractivity contribution < 1.29 is 0 Å². The van der Waals surface area contributed by atoms with Crippen molar-refractivity contribution in [2.75, 3.05) is 6.54 Å². The first-order valence-electron chi connectivity index (χ1n) is 3.99. The number of hydrogen-bond acceptors (Lipinski definition) is 4. The van der Waals surface area contributed by atoms with Gasteiger partial charge in [-0.1, -0.05) is 6.92 Å². The molecular formula is C9H11N3S. The van der Waals surface area contributed by atoms with E-state index in [2.05, 4.69) is 11.1 Å². The van der Waals surface area contributed by atoms with Crippen LogP contribution < -0.4 is 5.73 Å². The number of pyridine rings is 1. The zero-order chi connectivity index (χ0) is 9.68. The van der Waals surface area contributed by atoms with Crippen molar-refractivity contribution >= 4 is 11.8 Å². The highest BCUT2D eigenvalue weighted by Gasteiger charge is 2.03. The summed E-state index contributed by atoms with van der Waals surface area (Å²) < 4.78 is 0. The van der Waals surface area contributed by atoms with Gasteiger partial charge in [0.05, 0.1) is 16.7 Å². The van der Waals surface area contributed by atoms with Gasteiger partial charge in [-0.2, -0.15) is 5.26 Å². The van der Waals surface area contributed by atoms with E-state index in [-0.39, 0.29) is 0 Å². The fraction of sp³-hybridized carbons (Fsp3) is 0.333. The summed E-state index contributed by atoms with van der Waals surface area (Å²) in [7, 11) is 0.